The lowest BCUT2D eigenvalue weighted by Crippen LogP contribution is -2.41. The van der Waals surface area contributed by atoms with Gasteiger partial charge in [0, 0.05) is 18.6 Å². The van der Waals surface area contributed by atoms with E-state index in [0.717, 1.165) is 25.0 Å². The van der Waals surface area contributed by atoms with Crippen molar-refractivity contribution in [3.63, 3.8) is 0 Å². The summed E-state index contributed by atoms with van der Waals surface area (Å²) in [5.41, 5.74) is -1.57. The molecule has 1 amide bonds. The van der Waals surface area contributed by atoms with E-state index in [1.54, 1.807) is 4.90 Å². The fourth-order valence-electron chi connectivity index (χ4n) is 3.42. The van der Waals surface area contributed by atoms with Crippen LogP contribution in [0.3, 0.4) is 0 Å². The molecule has 0 aromatic heterocycles. The Kier molecular flexibility index (Phi) is 4.90. The molecule has 0 saturated carbocycles. The number of benzene rings is 1. The Labute approximate surface area is 154 Å². The minimum absolute atomic E-state index is 0.0234. The SMILES string of the molecule is CC1CCCN(C(=O)c2cc(F)c(B3OC(C)(C)C(C)(C)O3)cc2F)C1. The fraction of sp³-hybridized carbons (Fsp3) is 0.632. The summed E-state index contributed by atoms with van der Waals surface area (Å²) in [6.45, 7) is 10.6. The van der Waals surface area contributed by atoms with Crippen LogP contribution in [0.1, 0.15) is 57.8 Å². The Balaban J connectivity index is 1.86. The summed E-state index contributed by atoms with van der Waals surface area (Å²) >= 11 is 0. The van der Waals surface area contributed by atoms with Gasteiger partial charge in [-0.1, -0.05) is 6.92 Å². The van der Waals surface area contributed by atoms with Gasteiger partial charge in [0.2, 0.25) is 0 Å². The molecule has 4 nitrogen and oxygen atoms in total. The Morgan fingerprint density at radius 3 is 2.35 bits per heavy atom. The molecule has 1 aromatic carbocycles. The summed E-state index contributed by atoms with van der Waals surface area (Å²) in [4.78, 5) is 14.2. The Morgan fingerprint density at radius 2 is 1.77 bits per heavy atom. The summed E-state index contributed by atoms with van der Waals surface area (Å²) in [7, 11) is -1.01. The lowest BCUT2D eigenvalue weighted by Gasteiger charge is -2.32. The molecule has 26 heavy (non-hydrogen) atoms. The summed E-state index contributed by atoms with van der Waals surface area (Å²) in [6.07, 6.45) is 1.92. The van der Waals surface area contributed by atoms with E-state index in [4.69, 9.17) is 9.31 Å². The van der Waals surface area contributed by atoms with Crippen LogP contribution in [0.15, 0.2) is 12.1 Å². The number of halogens is 2. The number of carbonyl (C=O) groups is 1. The number of rotatable bonds is 2. The Bertz CT molecular complexity index is 707. The molecule has 0 aliphatic carbocycles. The zero-order valence-electron chi connectivity index (χ0n) is 16.1. The monoisotopic (exact) mass is 365 g/mol. The first-order valence-electron chi connectivity index (χ1n) is 9.16. The summed E-state index contributed by atoms with van der Waals surface area (Å²) in [5, 5.41) is 0. The van der Waals surface area contributed by atoms with E-state index in [2.05, 4.69) is 6.92 Å². The smallest absolute Gasteiger partial charge is 0.399 e. The van der Waals surface area contributed by atoms with E-state index >= 15 is 0 Å². The molecule has 0 N–H and O–H groups in total. The van der Waals surface area contributed by atoms with Gasteiger partial charge in [0.05, 0.1) is 16.8 Å². The van der Waals surface area contributed by atoms with Crippen molar-refractivity contribution in [2.75, 3.05) is 13.1 Å². The highest BCUT2D eigenvalue weighted by Crippen LogP contribution is 2.36. The van der Waals surface area contributed by atoms with Gasteiger partial charge in [0.15, 0.2) is 0 Å². The molecule has 1 atom stereocenters. The number of hydrogen-bond acceptors (Lipinski definition) is 3. The van der Waals surface area contributed by atoms with Gasteiger partial charge < -0.3 is 14.2 Å². The first kappa shape index (κ1) is 19.3. The minimum Gasteiger partial charge on any atom is -0.399 e. The van der Waals surface area contributed by atoms with E-state index in [9.17, 15) is 13.6 Å². The van der Waals surface area contributed by atoms with Crippen LogP contribution < -0.4 is 5.46 Å². The summed E-state index contributed by atoms with van der Waals surface area (Å²) in [6, 6.07) is 2.00. The molecule has 1 unspecified atom stereocenters. The van der Waals surface area contributed by atoms with Gasteiger partial charge in [-0.05, 0) is 58.6 Å². The van der Waals surface area contributed by atoms with Gasteiger partial charge in [-0.3, -0.25) is 4.79 Å². The molecule has 2 aliphatic rings. The number of hydrogen-bond donors (Lipinski definition) is 0. The summed E-state index contributed by atoms with van der Waals surface area (Å²) in [5.74, 6) is -1.55. The third kappa shape index (κ3) is 3.39. The molecule has 7 heteroatoms. The molecule has 0 radical (unpaired) electrons. The third-order valence-corrected chi connectivity index (χ3v) is 5.77. The van der Waals surface area contributed by atoms with E-state index < -0.39 is 35.9 Å². The second-order valence-corrected chi connectivity index (χ2v) is 8.44. The molecule has 0 bridgehead atoms. The molecule has 2 aliphatic heterocycles. The number of likely N-dealkylation sites (tertiary alicyclic amines) is 1. The van der Waals surface area contributed by atoms with Crippen molar-refractivity contribution in [3.8, 4) is 0 Å². The second kappa shape index (κ2) is 6.61. The molecular weight excluding hydrogens is 339 g/mol. The molecule has 0 spiro atoms. The fourth-order valence-corrected chi connectivity index (χ4v) is 3.42. The highest BCUT2D eigenvalue weighted by molar-refractivity contribution is 6.62. The third-order valence-electron chi connectivity index (χ3n) is 5.77. The Hall–Kier alpha value is -1.47. The van der Waals surface area contributed by atoms with Crippen molar-refractivity contribution in [1.29, 1.82) is 0 Å². The van der Waals surface area contributed by atoms with Gasteiger partial charge in [-0.15, -0.1) is 0 Å². The van der Waals surface area contributed by atoms with Crippen molar-refractivity contribution >= 4 is 18.5 Å². The average Bonchev–Trinajstić information content (AvgIpc) is 2.76. The van der Waals surface area contributed by atoms with E-state index in [1.165, 1.54) is 0 Å². The molecule has 3 rings (SSSR count). The van der Waals surface area contributed by atoms with Crippen LogP contribution in [0.4, 0.5) is 8.78 Å². The number of nitrogens with zero attached hydrogens (tertiary/aromatic N) is 1. The zero-order valence-corrected chi connectivity index (χ0v) is 16.1. The topological polar surface area (TPSA) is 38.8 Å². The number of carbonyl (C=O) groups excluding carboxylic acids is 1. The van der Waals surface area contributed by atoms with Crippen molar-refractivity contribution in [1.82, 2.24) is 4.90 Å². The van der Waals surface area contributed by atoms with Crippen molar-refractivity contribution in [2.45, 2.75) is 58.7 Å². The molecule has 2 saturated heterocycles. The molecular formula is C19H26BF2NO3. The van der Waals surface area contributed by atoms with Gasteiger partial charge in [0.1, 0.15) is 11.6 Å². The highest BCUT2D eigenvalue weighted by Gasteiger charge is 2.52. The molecule has 1 aromatic rings. The lowest BCUT2D eigenvalue weighted by molar-refractivity contribution is 0.00578. The lowest BCUT2D eigenvalue weighted by atomic mass is 9.78. The van der Waals surface area contributed by atoms with Crippen LogP contribution in [0.2, 0.25) is 0 Å². The van der Waals surface area contributed by atoms with Gasteiger partial charge in [-0.25, -0.2) is 8.78 Å². The molecule has 142 valence electrons. The van der Waals surface area contributed by atoms with Gasteiger partial charge in [-0.2, -0.15) is 0 Å². The van der Waals surface area contributed by atoms with Crippen molar-refractivity contribution in [2.24, 2.45) is 5.92 Å². The van der Waals surface area contributed by atoms with E-state index in [1.807, 2.05) is 27.7 Å². The van der Waals surface area contributed by atoms with Crippen LogP contribution in [0, 0.1) is 17.6 Å². The quantitative estimate of drug-likeness (QED) is 0.756. The second-order valence-electron chi connectivity index (χ2n) is 8.44. The maximum Gasteiger partial charge on any atom is 0.497 e. The first-order valence-corrected chi connectivity index (χ1v) is 9.16. The van der Waals surface area contributed by atoms with Crippen LogP contribution in [-0.2, 0) is 9.31 Å². The first-order chi connectivity index (χ1) is 12.0. The molecule has 2 heterocycles. The van der Waals surface area contributed by atoms with Crippen molar-refractivity contribution in [3.05, 3.63) is 29.3 Å². The van der Waals surface area contributed by atoms with Crippen LogP contribution >= 0.6 is 0 Å². The van der Waals surface area contributed by atoms with Crippen LogP contribution in [-0.4, -0.2) is 42.2 Å². The maximum atomic E-state index is 14.7. The predicted molar refractivity (Wildman–Crippen MR) is 96.4 cm³/mol. The van der Waals surface area contributed by atoms with Crippen LogP contribution in [0.5, 0.6) is 0 Å². The van der Waals surface area contributed by atoms with Gasteiger partial charge in [0.25, 0.3) is 5.91 Å². The number of amides is 1. The number of piperidine rings is 1. The van der Waals surface area contributed by atoms with Gasteiger partial charge >= 0.3 is 7.12 Å². The van der Waals surface area contributed by atoms with E-state index in [0.29, 0.717) is 19.0 Å². The maximum absolute atomic E-state index is 14.7. The minimum atomic E-state index is -1.01. The largest absolute Gasteiger partial charge is 0.497 e. The summed E-state index contributed by atoms with van der Waals surface area (Å²) < 4.78 is 40.9. The van der Waals surface area contributed by atoms with Crippen LogP contribution in [0.25, 0.3) is 0 Å². The molecule has 2 fully saturated rings. The van der Waals surface area contributed by atoms with E-state index in [-0.39, 0.29) is 11.0 Å². The van der Waals surface area contributed by atoms with Crippen molar-refractivity contribution < 1.29 is 22.9 Å². The zero-order chi connectivity index (χ0) is 19.3. The highest BCUT2D eigenvalue weighted by atomic mass is 19.1. The predicted octanol–water partition coefficient (Wildman–Crippen LogP) is 3.14. The Morgan fingerprint density at radius 1 is 1.15 bits per heavy atom. The average molecular weight is 365 g/mol. The standard InChI is InChI=1S/C19H26BF2NO3/c1-12-7-6-8-23(11-12)17(24)13-9-16(22)14(10-15(13)21)20-25-18(2,3)19(4,5)26-20/h9-10,12H,6-8,11H2,1-5H3. The normalized spacial score (nSPS) is 24.8.